The van der Waals surface area contributed by atoms with Crippen molar-refractivity contribution in [1.29, 1.82) is 0 Å². The summed E-state index contributed by atoms with van der Waals surface area (Å²) >= 11 is 11.9. The third-order valence-corrected chi connectivity index (χ3v) is 3.12. The molecule has 0 fully saturated rings. The molecule has 0 amide bonds. The number of aromatic nitrogens is 1. The topological polar surface area (TPSA) is 24.9 Å². The van der Waals surface area contributed by atoms with E-state index in [1.165, 1.54) is 12.3 Å². The standard InChI is InChI=1S/C13H11Cl2FN2/c1-17-12(9-4-2-3-5-11(9)16)13-10(15)6-8(14)7-18-13/h2-7,12,17H,1H3. The Morgan fingerprint density at radius 1 is 1.28 bits per heavy atom. The first-order chi connectivity index (χ1) is 8.63. The SMILES string of the molecule is CNC(c1ccccc1F)c1ncc(Cl)cc1Cl. The van der Waals surface area contributed by atoms with E-state index in [-0.39, 0.29) is 5.82 Å². The highest BCUT2D eigenvalue weighted by molar-refractivity contribution is 6.34. The number of halogens is 3. The third kappa shape index (κ3) is 2.64. The second-order valence-electron chi connectivity index (χ2n) is 3.76. The van der Waals surface area contributed by atoms with Crippen LogP contribution in [0.2, 0.25) is 10.0 Å². The van der Waals surface area contributed by atoms with Crippen molar-refractivity contribution in [2.24, 2.45) is 0 Å². The molecular formula is C13H11Cl2FN2. The fourth-order valence-electron chi connectivity index (χ4n) is 1.79. The lowest BCUT2D eigenvalue weighted by Crippen LogP contribution is -2.20. The number of hydrogen-bond donors (Lipinski definition) is 1. The van der Waals surface area contributed by atoms with Gasteiger partial charge in [0.15, 0.2) is 0 Å². The summed E-state index contributed by atoms with van der Waals surface area (Å²) in [5, 5.41) is 3.86. The first-order valence-electron chi connectivity index (χ1n) is 5.36. The summed E-state index contributed by atoms with van der Waals surface area (Å²) in [6.45, 7) is 0. The normalized spacial score (nSPS) is 12.4. The molecule has 1 atom stereocenters. The maximum atomic E-state index is 13.8. The predicted octanol–water partition coefficient (Wildman–Crippen LogP) is 3.84. The van der Waals surface area contributed by atoms with E-state index < -0.39 is 6.04 Å². The van der Waals surface area contributed by atoms with Gasteiger partial charge in [0.25, 0.3) is 0 Å². The molecule has 1 aromatic heterocycles. The maximum Gasteiger partial charge on any atom is 0.128 e. The van der Waals surface area contributed by atoms with E-state index in [9.17, 15) is 4.39 Å². The zero-order chi connectivity index (χ0) is 13.1. The van der Waals surface area contributed by atoms with Gasteiger partial charge in [-0.05, 0) is 19.2 Å². The predicted molar refractivity (Wildman–Crippen MR) is 71.6 cm³/mol. The molecule has 0 saturated carbocycles. The minimum atomic E-state index is -0.407. The highest BCUT2D eigenvalue weighted by Crippen LogP contribution is 2.29. The van der Waals surface area contributed by atoms with E-state index in [1.807, 2.05) is 0 Å². The molecule has 18 heavy (non-hydrogen) atoms. The monoisotopic (exact) mass is 284 g/mol. The molecule has 0 spiro atoms. The van der Waals surface area contributed by atoms with Crippen LogP contribution in [-0.2, 0) is 0 Å². The molecule has 0 radical (unpaired) electrons. The molecule has 94 valence electrons. The Kier molecular flexibility index (Phi) is 4.17. The molecule has 2 aromatic rings. The van der Waals surface area contributed by atoms with Crippen LogP contribution in [0.1, 0.15) is 17.3 Å². The number of pyridine rings is 1. The molecule has 0 bridgehead atoms. The fourth-order valence-corrected chi connectivity index (χ4v) is 2.28. The van der Waals surface area contributed by atoms with Gasteiger partial charge in [0, 0.05) is 11.8 Å². The number of nitrogens with zero attached hydrogens (tertiary/aromatic N) is 1. The Balaban J connectivity index is 2.49. The molecule has 0 aliphatic rings. The Bertz CT molecular complexity index is 560. The average Bonchev–Trinajstić information content (AvgIpc) is 2.34. The first-order valence-corrected chi connectivity index (χ1v) is 6.11. The lowest BCUT2D eigenvalue weighted by Gasteiger charge is -2.18. The van der Waals surface area contributed by atoms with Crippen LogP contribution in [-0.4, -0.2) is 12.0 Å². The van der Waals surface area contributed by atoms with Gasteiger partial charge in [-0.1, -0.05) is 41.4 Å². The Morgan fingerprint density at radius 2 is 2.00 bits per heavy atom. The quantitative estimate of drug-likeness (QED) is 0.926. The van der Waals surface area contributed by atoms with Crippen LogP contribution in [0.3, 0.4) is 0 Å². The van der Waals surface area contributed by atoms with Crippen LogP contribution in [0, 0.1) is 5.82 Å². The van der Waals surface area contributed by atoms with E-state index in [1.54, 1.807) is 31.3 Å². The minimum Gasteiger partial charge on any atom is -0.308 e. The van der Waals surface area contributed by atoms with Crippen LogP contribution in [0.25, 0.3) is 0 Å². The summed E-state index contributed by atoms with van der Waals surface area (Å²) in [5.41, 5.74) is 1.05. The Labute approximate surface area is 115 Å². The van der Waals surface area contributed by atoms with Crippen molar-refractivity contribution in [3.63, 3.8) is 0 Å². The van der Waals surface area contributed by atoms with Crippen LogP contribution < -0.4 is 5.32 Å². The van der Waals surface area contributed by atoms with Gasteiger partial charge in [-0.25, -0.2) is 4.39 Å². The zero-order valence-corrected chi connectivity index (χ0v) is 11.1. The van der Waals surface area contributed by atoms with Gasteiger partial charge in [0.05, 0.1) is 21.8 Å². The lowest BCUT2D eigenvalue weighted by molar-refractivity contribution is 0.570. The van der Waals surface area contributed by atoms with Crippen molar-refractivity contribution in [3.8, 4) is 0 Å². The molecular weight excluding hydrogens is 274 g/mol. The highest BCUT2D eigenvalue weighted by atomic mass is 35.5. The van der Waals surface area contributed by atoms with Crippen molar-refractivity contribution >= 4 is 23.2 Å². The molecule has 1 aromatic carbocycles. The van der Waals surface area contributed by atoms with E-state index in [4.69, 9.17) is 23.2 Å². The van der Waals surface area contributed by atoms with Gasteiger partial charge < -0.3 is 5.32 Å². The molecule has 1 N–H and O–H groups in total. The fraction of sp³-hybridized carbons (Fsp3) is 0.154. The van der Waals surface area contributed by atoms with Gasteiger partial charge in [-0.2, -0.15) is 0 Å². The van der Waals surface area contributed by atoms with Crippen molar-refractivity contribution in [3.05, 3.63) is 63.6 Å². The summed E-state index contributed by atoms with van der Waals surface area (Å²) in [7, 11) is 1.73. The number of nitrogens with one attached hydrogen (secondary N) is 1. The number of rotatable bonds is 3. The molecule has 1 heterocycles. The zero-order valence-electron chi connectivity index (χ0n) is 9.62. The van der Waals surface area contributed by atoms with Gasteiger partial charge >= 0.3 is 0 Å². The maximum absolute atomic E-state index is 13.8. The Hall–Kier alpha value is -1.16. The van der Waals surface area contributed by atoms with E-state index >= 15 is 0 Å². The first kappa shape index (κ1) is 13.3. The lowest BCUT2D eigenvalue weighted by atomic mass is 10.0. The molecule has 0 aliphatic carbocycles. The molecule has 2 rings (SSSR count). The second kappa shape index (κ2) is 5.65. The number of benzene rings is 1. The van der Waals surface area contributed by atoms with Crippen LogP contribution in [0.15, 0.2) is 36.5 Å². The van der Waals surface area contributed by atoms with E-state index in [0.717, 1.165) is 0 Å². The molecule has 2 nitrogen and oxygen atoms in total. The van der Waals surface area contributed by atoms with Crippen LogP contribution >= 0.6 is 23.2 Å². The summed E-state index contributed by atoms with van der Waals surface area (Å²) in [4.78, 5) is 4.17. The second-order valence-corrected chi connectivity index (χ2v) is 4.61. The summed E-state index contributed by atoms with van der Waals surface area (Å²) in [6.07, 6.45) is 1.49. The highest BCUT2D eigenvalue weighted by Gasteiger charge is 2.19. The number of hydrogen-bond acceptors (Lipinski definition) is 2. The van der Waals surface area contributed by atoms with E-state index in [2.05, 4.69) is 10.3 Å². The largest absolute Gasteiger partial charge is 0.308 e. The summed E-state index contributed by atoms with van der Waals surface area (Å²) in [6, 6.07) is 7.70. The summed E-state index contributed by atoms with van der Waals surface area (Å²) < 4.78 is 13.8. The average molecular weight is 285 g/mol. The minimum absolute atomic E-state index is 0.301. The molecule has 1 unspecified atom stereocenters. The van der Waals surface area contributed by atoms with Gasteiger partial charge in [0.2, 0.25) is 0 Å². The van der Waals surface area contributed by atoms with Crippen molar-refractivity contribution in [1.82, 2.24) is 10.3 Å². The molecule has 5 heteroatoms. The van der Waals surface area contributed by atoms with Crippen molar-refractivity contribution < 1.29 is 4.39 Å². The Morgan fingerprint density at radius 3 is 2.61 bits per heavy atom. The van der Waals surface area contributed by atoms with Gasteiger partial charge in [-0.15, -0.1) is 0 Å². The van der Waals surface area contributed by atoms with Crippen molar-refractivity contribution in [2.45, 2.75) is 6.04 Å². The van der Waals surface area contributed by atoms with Gasteiger partial charge in [-0.3, -0.25) is 4.98 Å². The van der Waals surface area contributed by atoms with Crippen molar-refractivity contribution in [2.75, 3.05) is 7.05 Å². The molecule has 0 saturated heterocycles. The summed E-state index contributed by atoms with van der Waals surface area (Å²) in [5.74, 6) is -0.301. The van der Waals surface area contributed by atoms with E-state index in [0.29, 0.717) is 21.3 Å². The van der Waals surface area contributed by atoms with Crippen LogP contribution in [0.4, 0.5) is 4.39 Å². The van der Waals surface area contributed by atoms with Crippen LogP contribution in [0.5, 0.6) is 0 Å². The smallest absolute Gasteiger partial charge is 0.128 e. The third-order valence-electron chi connectivity index (χ3n) is 2.61. The van der Waals surface area contributed by atoms with Gasteiger partial charge in [0.1, 0.15) is 5.82 Å². The molecule has 0 aliphatic heterocycles.